The van der Waals surface area contributed by atoms with Gasteiger partial charge in [-0.15, -0.1) is 11.3 Å². The van der Waals surface area contributed by atoms with Crippen LogP contribution in [0.1, 0.15) is 15.9 Å². The first-order valence-corrected chi connectivity index (χ1v) is 10.4. The summed E-state index contributed by atoms with van der Waals surface area (Å²) in [6.45, 7) is 2.01. The van der Waals surface area contributed by atoms with Gasteiger partial charge in [0.25, 0.3) is 5.91 Å². The number of nitrogens with zero attached hydrogens (tertiary/aromatic N) is 1. The standard InChI is InChI=1S/C22H16ClN3OS2/c1-13-16(21-24-18-6-2-3-8-19(18)29-21)5-4-7-17(13)25-22(28)26-20(27)14-9-11-15(23)12-10-14/h2-12H,1H3,(H2,25,26,27,28). The number of para-hydroxylation sites is 1. The molecule has 0 saturated carbocycles. The van der Waals surface area contributed by atoms with E-state index in [0.29, 0.717) is 10.6 Å². The van der Waals surface area contributed by atoms with Crippen LogP contribution in [-0.2, 0) is 0 Å². The van der Waals surface area contributed by atoms with Crippen molar-refractivity contribution >= 4 is 62.1 Å². The number of nitrogens with one attached hydrogen (secondary N) is 2. The highest BCUT2D eigenvalue weighted by molar-refractivity contribution is 7.80. The maximum atomic E-state index is 12.3. The molecule has 0 fully saturated rings. The van der Waals surface area contributed by atoms with Gasteiger partial charge >= 0.3 is 0 Å². The van der Waals surface area contributed by atoms with Gasteiger partial charge in [0, 0.05) is 21.8 Å². The minimum atomic E-state index is -0.292. The summed E-state index contributed by atoms with van der Waals surface area (Å²) in [5.74, 6) is -0.292. The predicted molar refractivity (Wildman–Crippen MR) is 125 cm³/mol. The van der Waals surface area contributed by atoms with Gasteiger partial charge in [-0.25, -0.2) is 4.98 Å². The van der Waals surface area contributed by atoms with Crippen LogP contribution in [-0.4, -0.2) is 16.0 Å². The molecule has 0 spiro atoms. The van der Waals surface area contributed by atoms with Crippen molar-refractivity contribution in [1.29, 1.82) is 0 Å². The number of rotatable bonds is 3. The van der Waals surface area contributed by atoms with Crippen LogP contribution in [0.4, 0.5) is 5.69 Å². The number of thiazole rings is 1. The minimum absolute atomic E-state index is 0.231. The first kappa shape index (κ1) is 19.5. The monoisotopic (exact) mass is 437 g/mol. The molecule has 4 rings (SSSR count). The van der Waals surface area contributed by atoms with Gasteiger partial charge in [0.1, 0.15) is 5.01 Å². The molecule has 29 heavy (non-hydrogen) atoms. The number of amides is 1. The highest BCUT2D eigenvalue weighted by atomic mass is 35.5. The van der Waals surface area contributed by atoms with E-state index < -0.39 is 0 Å². The van der Waals surface area contributed by atoms with Crippen LogP contribution >= 0.6 is 35.2 Å². The lowest BCUT2D eigenvalue weighted by Gasteiger charge is -2.13. The number of anilines is 1. The Kier molecular flexibility index (Phi) is 5.58. The maximum Gasteiger partial charge on any atom is 0.257 e. The maximum absolute atomic E-state index is 12.3. The van der Waals surface area contributed by atoms with Crippen LogP contribution in [0.2, 0.25) is 5.02 Å². The van der Waals surface area contributed by atoms with Crippen molar-refractivity contribution in [2.45, 2.75) is 6.92 Å². The lowest BCUT2D eigenvalue weighted by molar-refractivity contribution is 0.0977. The van der Waals surface area contributed by atoms with E-state index in [4.69, 9.17) is 28.8 Å². The van der Waals surface area contributed by atoms with Gasteiger partial charge in [-0.3, -0.25) is 10.1 Å². The fourth-order valence-electron chi connectivity index (χ4n) is 2.92. The van der Waals surface area contributed by atoms with Crippen LogP contribution < -0.4 is 10.6 Å². The molecule has 1 heterocycles. The van der Waals surface area contributed by atoms with Crippen LogP contribution in [0.5, 0.6) is 0 Å². The lowest BCUT2D eigenvalue weighted by atomic mass is 10.1. The molecule has 0 saturated heterocycles. The predicted octanol–water partition coefficient (Wildman–Crippen LogP) is 6.05. The Hall–Kier alpha value is -2.80. The number of carbonyl (C=O) groups excluding carboxylic acids is 1. The molecule has 4 nitrogen and oxygen atoms in total. The third kappa shape index (κ3) is 4.29. The van der Waals surface area contributed by atoms with Crippen molar-refractivity contribution in [3.63, 3.8) is 0 Å². The number of aromatic nitrogens is 1. The molecular formula is C22H16ClN3OS2. The molecule has 4 aromatic rings. The average Bonchev–Trinajstić information content (AvgIpc) is 3.14. The second-order valence-corrected chi connectivity index (χ2v) is 8.26. The van der Waals surface area contributed by atoms with E-state index in [1.165, 1.54) is 0 Å². The summed E-state index contributed by atoms with van der Waals surface area (Å²) in [7, 11) is 0. The highest BCUT2D eigenvalue weighted by Crippen LogP contribution is 2.34. The fourth-order valence-corrected chi connectivity index (χ4v) is 4.30. The van der Waals surface area contributed by atoms with E-state index in [9.17, 15) is 4.79 Å². The Morgan fingerprint density at radius 3 is 2.55 bits per heavy atom. The number of halogens is 1. The number of hydrogen-bond acceptors (Lipinski definition) is 4. The molecule has 1 amide bonds. The van der Waals surface area contributed by atoms with Gasteiger partial charge in [0.2, 0.25) is 0 Å². The van der Waals surface area contributed by atoms with Crippen LogP contribution in [0.3, 0.4) is 0 Å². The first-order valence-electron chi connectivity index (χ1n) is 8.85. The molecule has 1 aromatic heterocycles. The second kappa shape index (κ2) is 8.29. The van der Waals surface area contributed by atoms with Crippen LogP contribution in [0, 0.1) is 6.92 Å². The van der Waals surface area contributed by atoms with Crippen molar-refractivity contribution in [2.24, 2.45) is 0 Å². The Morgan fingerprint density at radius 2 is 1.79 bits per heavy atom. The molecule has 144 valence electrons. The van der Waals surface area contributed by atoms with E-state index in [2.05, 4.69) is 16.7 Å². The molecule has 0 aliphatic heterocycles. The zero-order chi connectivity index (χ0) is 20.4. The zero-order valence-electron chi connectivity index (χ0n) is 15.4. The minimum Gasteiger partial charge on any atom is -0.332 e. The van der Waals surface area contributed by atoms with Crippen molar-refractivity contribution in [3.8, 4) is 10.6 Å². The Labute approximate surface area is 182 Å². The Bertz CT molecular complexity index is 1190. The third-order valence-electron chi connectivity index (χ3n) is 4.44. The molecule has 0 aliphatic carbocycles. The first-order chi connectivity index (χ1) is 14.0. The van der Waals surface area contributed by atoms with E-state index in [1.807, 2.05) is 43.3 Å². The lowest BCUT2D eigenvalue weighted by Crippen LogP contribution is -2.34. The third-order valence-corrected chi connectivity index (χ3v) is 5.97. The van der Waals surface area contributed by atoms with Crippen LogP contribution in [0.15, 0.2) is 66.7 Å². The van der Waals surface area contributed by atoms with Crippen molar-refractivity contribution in [1.82, 2.24) is 10.3 Å². The molecular weight excluding hydrogens is 422 g/mol. The molecule has 0 radical (unpaired) electrons. The van der Waals surface area contributed by atoms with Gasteiger partial charge in [0.05, 0.1) is 10.2 Å². The second-order valence-electron chi connectivity index (χ2n) is 6.38. The molecule has 0 bridgehead atoms. The molecule has 0 unspecified atom stereocenters. The summed E-state index contributed by atoms with van der Waals surface area (Å²) >= 11 is 12.8. The molecule has 0 aliphatic rings. The molecule has 7 heteroatoms. The SMILES string of the molecule is Cc1c(NC(=S)NC(=O)c2ccc(Cl)cc2)cccc1-c1nc2ccccc2s1. The van der Waals surface area contributed by atoms with Crippen LogP contribution in [0.25, 0.3) is 20.8 Å². The topological polar surface area (TPSA) is 54.0 Å². The number of fused-ring (bicyclic) bond motifs is 1. The smallest absolute Gasteiger partial charge is 0.257 e. The Balaban J connectivity index is 1.53. The Morgan fingerprint density at radius 1 is 1.03 bits per heavy atom. The van der Waals surface area contributed by atoms with Crippen molar-refractivity contribution in [2.75, 3.05) is 5.32 Å². The summed E-state index contributed by atoms with van der Waals surface area (Å²) in [5, 5.41) is 7.57. The van der Waals surface area contributed by atoms with Crippen molar-refractivity contribution < 1.29 is 4.79 Å². The van der Waals surface area contributed by atoms with Gasteiger partial charge in [-0.1, -0.05) is 35.9 Å². The fraction of sp³-hybridized carbons (Fsp3) is 0.0455. The van der Waals surface area contributed by atoms with Gasteiger partial charge in [-0.05, 0) is 67.2 Å². The highest BCUT2D eigenvalue weighted by Gasteiger charge is 2.13. The number of benzene rings is 3. The average molecular weight is 438 g/mol. The molecule has 2 N–H and O–H groups in total. The largest absolute Gasteiger partial charge is 0.332 e. The van der Waals surface area contributed by atoms with Crippen molar-refractivity contribution in [3.05, 3.63) is 82.9 Å². The summed E-state index contributed by atoms with van der Waals surface area (Å²) < 4.78 is 1.14. The zero-order valence-corrected chi connectivity index (χ0v) is 17.8. The van der Waals surface area contributed by atoms with Gasteiger partial charge in [-0.2, -0.15) is 0 Å². The van der Waals surface area contributed by atoms with Gasteiger partial charge in [0.15, 0.2) is 5.11 Å². The molecule has 0 atom stereocenters. The quantitative estimate of drug-likeness (QED) is 0.383. The van der Waals surface area contributed by atoms with Gasteiger partial charge < -0.3 is 5.32 Å². The van der Waals surface area contributed by atoms with E-state index in [1.54, 1.807) is 35.6 Å². The number of thiocarbonyl (C=S) groups is 1. The summed E-state index contributed by atoms with van der Waals surface area (Å²) in [4.78, 5) is 17.1. The summed E-state index contributed by atoms with van der Waals surface area (Å²) in [6, 6.07) is 20.6. The summed E-state index contributed by atoms with van der Waals surface area (Å²) in [6.07, 6.45) is 0. The van der Waals surface area contributed by atoms with E-state index in [0.717, 1.165) is 32.0 Å². The molecule has 3 aromatic carbocycles. The normalized spacial score (nSPS) is 10.7. The summed E-state index contributed by atoms with van der Waals surface area (Å²) in [5.41, 5.74) is 4.33. The number of carbonyl (C=O) groups is 1. The number of hydrogen-bond donors (Lipinski definition) is 2. The van der Waals surface area contributed by atoms with E-state index >= 15 is 0 Å². The van der Waals surface area contributed by atoms with E-state index in [-0.39, 0.29) is 11.0 Å².